The van der Waals surface area contributed by atoms with Crippen LogP contribution < -0.4 is 5.48 Å². The molecule has 8 heteroatoms. The van der Waals surface area contributed by atoms with Crippen LogP contribution in [-0.2, 0) is 16.2 Å². The molecule has 1 unspecified atom stereocenters. The van der Waals surface area contributed by atoms with E-state index in [0.717, 1.165) is 31.5 Å². The zero-order chi connectivity index (χ0) is 24.4. The largest absolute Gasteiger partial charge is 0.272 e. The van der Waals surface area contributed by atoms with Crippen LogP contribution >= 0.6 is 23.2 Å². The van der Waals surface area contributed by atoms with E-state index in [1.165, 1.54) is 0 Å². The minimum absolute atomic E-state index is 0.146. The first-order valence-electron chi connectivity index (χ1n) is 11.6. The molecule has 2 amide bonds. The highest BCUT2D eigenvalue weighted by Crippen LogP contribution is 2.46. The molecule has 180 valence electrons. The average Bonchev–Trinajstić information content (AvgIpc) is 3.39. The standard InChI is InChI=1S/C27H25Cl2N3O3/c28-19-12-13-22(23(29)16-19)25-24(26(33)30-35-17-18-8-2-1-3-9-18)20-10-4-5-11-21(20)27(34)32(25)31-14-6-7-15-31/h1-5,8-13,16,24-25H,6-7,14-15,17H2,(H,30,33)/t24?,25-/m0/s1. The van der Waals surface area contributed by atoms with Gasteiger partial charge in [-0.15, -0.1) is 0 Å². The molecule has 2 atom stereocenters. The predicted octanol–water partition coefficient (Wildman–Crippen LogP) is 5.53. The van der Waals surface area contributed by atoms with Crippen LogP contribution in [0.2, 0.25) is 10.0 Å². The van der Waals surface area contributed by atoms with Gasteiger partial charge in [0.05, 0.1) is 18.6 Å². The van der Waals surface area contributed by atoms with Crippen LogP contribution in [0, 0.1) is 0 Å². The third-order valence-electron chi connectivity index (χ3n) is 6.52. The molecule has 3 aromatic rings. The summed E-state index contributed by atoms with van der Waals surface area (Å²) in [4.78, 5) is 33.1. The Bertz CT molecular complexity index is 1230. The van der Waals surface area contributed by atoms with Crippen molar-refractivity contribution in [3.05, 3.63) is 105 Å². The fourth-order valence-corrected chi connectivity index (χ4v) is 5.43. The Hall–Kier alpha value is -2.90. The van der Waals surface area contributed by atoms with Gasteiger partial charge in [0.25, 0.3) is 11.8 Å². The summed E-state index contributed by atoms with van der Waals surface area (Å²) in [5.41, 5.74) is 5.38. The molecule has 6 nitrogen and oxygen atoms in total. The third-order valence-corrected chi connectivity index (χ3v) is 7.08. The number of nitrogens with zero attached hydrogens (tertiary/aromatic N) is 2. The molecule has 0 spiro atoms. The molecule has 2 aliphatic rings. The van der Waals surface area contributed by atoms with Crippen molar-refractivity contribution in [1.82, 2.24) is 15.5 Å². The number of nitrogens with one attached hydrogen (secondary N) is 1. The summed E-state index contributed by atoms with van der Waals surface area (Å²) in [6, 6.07) is 21.4. The number of hydroxylamine groups is 1. The Morgan fingerprint density at radius 1 is 0.943 bits per heavy atom. The zero-order valence-electron chi connectivity index (χ0n) is 19.0. The van der Waals surface area contributed by atoms with Gasteiger partial charge in [-0.1, -0.05) is 77.8 Å². The van der Waals surface area contributed by atoms with Crippen LogP contribution in [0.15, 0.2) is 72.8 Å². The minimum Gasteiger partial charge on any atom is -0.272 e. The van der Waals surface area contributed by atoms with E-state index < -0.39 is 12.0 Å². The van der Waals surface area contributed by atoms with Crippen LogP contribution in [0.1, 0.15) is 51.8 Å². The van der Waals surface area contributed by atoms with Crippen molar-refractivity contribution in [2.75, 3.05) is 13.1 Å². The Kier molecular flexibility index (Phi) is 7.07. The van der Waals surface area contributed by atoms with Gasteiger partial charge in [0.2, 0.25) is 0 Å². The molecule has 3 aromatic carbocycles. The molecular formula is C27H25Cl2N3O3. The van der Waals surface area contributed by atoms with Crippen LogP contribution in [0.4, 0.5) is 0 Å². The number of fused-ring (bicyclic) bond motifs is 1. The second-order valence-corrected chi connectivity index (χ2v) is 9.57. The first-order chi connectivity index (χ1) is 17.0. The lowest BCUT2D eigenvalue weighted by molar-refractivity contribution is -0.140. The summed E-state index contributed by atoms with van der Waals surface area (Å²) >= 11 is 12.8. The van der Waals surface area contributed by atoms with Crippen LogP contribution in [0.5, 0.6) is 0 Å². The van der Waals surface area contributed by atoms with E-state index in [2.05, 4.69) is 5.48 Å². The van der Waals surface area contributed by atoms with E-state index in [0.29, 0.717) is 26.7 Å². The maximum atomic E-state index is 13.8. The zero-order valence-corrected chi connectivity index (χ0v) is 20.5. The van der Waals surface area contributed by atoms with Crippen molar-refractivity contribution in [3.63, 3.8) is 0 Å². The van der Waals surface area contributed by atoms with Gasteiger partial charge in [-0.2, -0.15) is 0 Å². The molecule has 5 rings (SSSR count). The molecule has 0 bridgehead atoms. The lowest BCUT2D eigenvalue weighted by atomic mass is 9.80. The average molecular weight is 510 g/mol. The molecular weight excluding hydrogens is 485 g/mol. The summed E-state index contributed by atoms with van der Waals surface area (Å²) in [6.45, 7) is 1.69. The Morgan fingerprint density at radius 2 is 1.66 bits per heavy atom. The van der Waals surface area contributed by atoms with Crippen molar-refractivity contribution < 1.29 is 14.4 Å². The summed E-state index contributed by atoms with van der Waals surface area (Å²) < 4.78 is 0. The molecule has 1 N–H and O–H groups in total. The maximum absolute atomic E-state index is 13.8. The predicted molar refractivity (Wildman–Crippen MR) is 135 cm³/mol. The van der Waals surface area contributed by atoms with E-state index in [4.69, 9.17) is 28.0 Å². The van der Waals surface area contributed by atoms with Gasteiger partial charge in [-0.3, -0.25) is 19.4 Å². The van der Waals surface area contributed by atoms with Crippen molar-refractivity contribution in [2.24, 2.45) is 0 Å². The number of hydrogen-bond donors (Lipinski definition) is 1. The van der Waals surface area contributed by atoms with Gasteiger partial charge in [0, 0.05) is 28.7 Å². The van der Waals surface area contributed by atoms with Crippen molar-refractivity contribution in [3.8, 4) is 0 Å². The van der Waals surface area contributed by atoms with Crippen molar-refractivity contribution >= 4 is 35.0 Å². The number of amides is 2. The fraction of sp³-hybridized carbons (Fsp3) is 0.259. The molecule has 0 aliphatic carbocycles. The van der Waals surface area contributed by atoms with Gasteiger partial charge in [0.1, 0.15) is 0 Å². The topological polar surface area (TPSA) is 61.9 Å². The molecule has 0 aromatic heterocycles. The smallest absolute Gasteiger partial charge is 0.269 e. The van der Waals surface area contributed by atoms with E-state index in [9.17, 15) is 9.59 Å². The number of rotatable bonds is 6. The molecule has 1 saturated heterocycles. The Morgan fingerprint density at radius 3 is 2.40 bits per heavy atom. The number of carbonyl (C=O) groups excluding carboxylic acids is 2. The van der Waals surface area contributed by atoms with Crippen LogP contribution in [0.25, 0.3) is 0 Å². The third kappa shape index (κ3) is 4.80. The van der Waals surface area contributed by atoms with Gasteiger partial charge >= 0.3 is 0 Å². The second kappa shape index (κ2) is 10.4. The molecule has 2 heterocycles. The monoisotopic (exact) mass is 509 g/mol. The van der Waals surface area contributed by atoms with Gasteiger partial charge in [-0.05, 0) is 47.7 Å². The molecule has 1 fully saturated rings. The number of benzene rings is 3. The molecule has 0 saturated carbocycles. The van der Waals surface area contributed by atoms with E-state index in [1.54, 1.807) is 29.3 Å². The molecule has 2 aliphatic heterocycles. The number of carbonyl (C=O) groups is 2. The summed E-state index contributed by atoms with van der Waals surface area (Å²) in [5.74, 6) is -1.23. The fourth-order valence-electron chi connectivity index (χ4n) is 4.91. The Labute approximate surface area is 214 Å². The SMILES string of the molecule is O=C(NOCc1ccccc1)C1c2ccccc2C(=O)N(N2CCCC2)[C@H]1c1ccc(Cl)cc1Cl. The van der Waals surface area contributed by atoms with Crippen LogP contribution in [0.3, 0.4) is 0 Å². The minimum atomic E-state index is -0.737. The number of halogens is 2. The van der Waals surface area contributed by atoms with E-state index in [1.807, 2.05) is 53.5 Å². The highest BCUT2D eigenvalue weighted by Gasteiger charge is 2.47. The van der Waals surface area contributed by atoms with Crippen LogP contribution in [-0.4, -0.2) is 34.9 Å². The molecule has 0 radical (unpaired) electrons. The first kappa shape index (κ1) is 23.8. The number of hydrogen-bond acceptors (Lipinski definition) is 4. The highest BCUT2D eigenvalue weighted by molar-refractivity contribution is 6.35. The number of hydrazine groups is 1. The first-order valence-corrected chi connectivity index (χ1v) is 12.4. The quantitative estimate of drug-likeness (QED) is 0.443. The summed E-state index contributed by atoms with van der Waals surface area (Å²) in [5, 5.41) is 4.63. The Balaban J connectivity index is 1.55. The normalized spacial score (nSPS) is 20.1. The maximum Gasteiger partial charge on any atom is 0.269 e. The van der Waals surface area contributed by atoms with Gasteiger partial charge in [-0.25, -0.2) is 10.5 Å². The lowest BCUT2D eigenvalue weighted by Gasteiger charge is -2.45. The van der Waals surface area contributed by atoms with Gasteiger partial charge in [0.15, 0.2) is 0 Å². The highest BCUT2D eigenvalue weighted by atomic mass is 35.5. The molecule has 35 heavy (non-hydrogen) atoms. The van der Waals surface area contributed by atoms with Crippen molar-refractivity contribution in [2.45, 2.75) is 31.4 Å². The van der Waals surface area contributed by atoms with E-state index in [-0.39, 0.29) is 18.4 Å². The summed E-state index contributed by atoms with van der Waals surface area (Å²) in [6.07, 6.45) is 1.95. The van der Waals surface area contributed by atoms with Gasteiger partial charge < -0.3 is 0 Å². The summed E-state index contributed by atoms with van der Waals surface area (Å²) in [7, 11) is 0. The van der Waals surface area contributed by atoms with Crippen molar-refractivity contribution in [1.29, 1.82) is 0 Å². The second-order valence-electron chi connectivity index (χ2n) is 8.73. The lowest BCUT2D eigenvalue weighted by Crippen LogP contribution is -2.54. The van der Waals surface area contributed by atoms with E-state index >= 15 is 0 Å².